The van der Waals surface area contributed by atoms with E-state index in [1.807, 2.05) is 20.8 Å². The van der Waals surface area contributed by atoms with Crippen LogP contribution in [0.4, 0.5) is 0 Å². The number of hydrogen-bond acceptors (Lipinski definition) is 3. The average Bonchev–Trinajstić information content (AvgIpc) is 2.91. The Kier molecular flexibility index (Phi) is 4.41. The number of fused-ring (bicyclic) bond motifs is 2. The molecular weight excluding hydrogens is 232 g/mol. The van der Waals surface area contributed by atoms with Gasteiger partial charge in [0.1, 0.15) is 0 Å². The molecule has 0 spiro atoms. The van der Waals surface area contributed by atoms with Crippen molar-refractivity contribution in [2.45, 2.75) is 39.2 Å². The molecule has 17 heavy (non-hydrogen) atoms. The summed E-state index contributed by atoms with van der Waals surface area (Å²) in [5, 5.41) is 0. The highest BCUT2D eigenvalue weighted by molar-refractivity contribution is 6.62. The number of hydrogen-bond donors (Lipinski definition) is 0. The molecule has 0 aromatic carbocycles. The molecule has 2 bridgehead atoms. The molecule has 0 amide bonds. The molecule has 4 heteroatoms. The predicted octanol–water partition coefficient (Wildman–Crippen LogP) is 3.00. The summed E-state index contributed by atoms with van der Waals surface area (Å²) in [5.74, 6) is 1.36. The first-order valence-corrected chi connectivity index (χ1v) is 8.66. The molecule has 0 saturated heterocycles. The van der Waals surface area contributed by atoms with Crippen molar-refractivity contribution >= 4 is 8.80 Å². The van der Waals surface area contributed by atoms with Crippen molar-refractivity contribution in [2.75, 3.05) is 19.8 Å². The lowest BCUT2D eigenvalue weighted by Gasteiger charge is -2.36. The van der Waals surface area contributed by atoms with Gasteiger partial charge < -0.3 is 13.3 Å². The van der Waals surface area contributed by atoms with Crippen molar-refractivity contribution in [3.63, 3.8) is 0 Å². The summed E-state index contributed by atoms with van der Waals surface area (Å²) in [6, 6.07) is 0. The Hall–Kier alpha value is -0.163. The number of rotatable bonds is 7. The highest BCUT2D eigenvalue weighted by Crippen LogP contribution is 2.52. The molecule has 3 nitrogen and oxygen atoms in total. The lowest BCUT2D eigenvalue weighted by Crippen LogP contribution is -2.51. The Morgan fingerprint density at radius 1 is 0.941 bits per heavy atom. The summed E-state index contributed by atoms with van der Waals surface area (Å²) < 4.78 is 18.0. The summed E-state index contributed by atoms with van der Waals surface area (Å²) in [7, 11) is -2.47. The Bertz CT molecular complexity index is 263. The summed E-state index contributed by atoms with van der Waals surface area (Å²) in [5.41, 5.74) is 0.484. The molecule has 0 radical (unpaired) electrons. The van der Waals surface area contributed by atoms with E-state index in [2.05, 4.69) is 12.2 Å². The fourth-order valence-electron chi connectivity index (χ4n) is 3.24. The van der Waals surface area contributed by atoms with Crippen molar-refractivity contribution < 1.29 is 13.3 Å². The minimum absolute atomic E-state index is 0.484. The van der Waals surface area contributed by atoms with Gasteiger partial charge in [0.2, 0.25) is 0 Å². The lowest BCUT2D eigenvalue weighted by atomic mass is 10.1. The Labute approximate surface area is 106 Å². The van der Waals surface area contributed by atoms with E-state index in [1.165, 1.54) is 12.8 Å². The second-order valence-corrected chi connectivity index (χ2v) is 7.60. The summed E-state index contributed by atoms with van der Waals surface area (Å²) >= 11 is 0. The molecule has 0 aromatic rings. The van der Waals surface area contributed by atoms with E-state index in [-0.39, 0.29) is 0 Å². The van der Waals surface area contributed by atoms with E-state index in [0.717, 1.165) is 5.92 Å². The maximum Gasteiger partial charge on any atom is 0.504 e. The van der Waals surface area contributed by atoms with Crippen LogP contribution in [0.15, 0.2) is 12.2 Å². The van der Waals surface area contributed by atoms with Crippen LogP contribution in [0, 0.1) is 11.8 Å². The first-order chi connectivity index (χ1) is 8.25. The van der Waals surface area contributed by atoms with Gasteiger partial charge >= 0.3 is 8.80 Å². The summed E-state index contributed by atoms with van der Waals surface area (Å²) in [6.45, 7) is 8.14. The average molecular weight is 256 g/mol. The van der Waals surface area contributed by atoms with Gasteiger partial charge in [0.15, 0.2) is 0 Å². The van der Waals surface area contributed by atoms with Gasteiger partial charge in [-0.15, -0.1) is 0 Å². The van der Waals surface area contributed by atoms with Gasteiger partial charge in [-0.3, -0.25) is 0 Å². The zero-order valence-corrected chi connectivity index (χ0v) is 12.1. The molecule has 2 unspecified atom stereocenters. The van der Waals surface area contributed by atoms with Crippen LogP contribution < -0.4 is 0 Å². The minimum Gasteiger partial charge on any atom is -0.374 e. The fraction of sp³-hybridized carbons (Fsp3) is 0.846. The lowest BCUT2D eigenvalue weighted by molar-refractivity contribution is 0.0578. The molecule has 98 valence electrons. The minimum atomic E-state index is -2.47. The van der Waals surface area contributed by atoms with E-state index in [1.54, 1.807) is 0 Å². The third kappa shape index (κ3) is 2.50. The van der Waals surface area contributed by atoms with Crippen molar-refractivity contribution in [1.82, 2.24) is 0 Å². The van der Waals surface area contributed by atoms with E-state index < -0.39 is 8.80 Å². The monoisotopic (exact) mass is 256 g/mol. The van der Waals surface area contributed by atoms with Gasteiger partial charge in [-0.25, -0.2) is 0 Å². The van der Waals surface area contributed by atoms with Gasteiger partial charge in [0.25, 0.3) is 0 Å². The van der Waals surface area contributed by atoms with Crippen LogP contribution in [0.1, 0.15) is 33.6 Å². The van der Waals surface area contributed by atoms with Gasteiger partial charge in [0, 0.05) is 25.4 Å². The van der Waals surface area contributed by atoms with E-state index in [0.29, 0.717) is 31.3 Å². The fourth-order valence-corrected chi connectivity index (χ4v) is 6.70. The second kappa shape index (κ2) is 5.65. The zero-order valence-electron chi connectivity index (χ0n) is 11.1. The van der Waals surface area contributed by atoms with Crippen molar-refractivity contribution in [2.24, 2.45) is 11.8 Å². The molecule has 1 fully saturated rings. The second-order valence-electron chi connectivity index (χ2n) is 4.79. The predicted molar refractivity (Wildman–Crippen MR) is 69.7 cm³/mol. The van der Waals surface area contributed by atoms with Crippen LogP contribution in [0.5, 0.6) is 0 Å². The molecule has 3 atom stereocenters. The summed E-state index contributed by atoms with van der Waals surface area (Å²) in [6.07, 6.45) is 7.15. The summed E-state index contributed by atoms with van der Waals surface area (Å²) in [4.78, 5) is 0. The molecule has 2 aliphatic rings. The van der Waals surface area contributed by atoms with Gasteiger partial charge in [-0.2, -0.15) is 0 Å². The zero-order chi connectivity index (χ0) is 12.3. The van der Waals surface area contributed by atoms with Crippen molar-refractivity contribution in [3.8, 4) is 0 Å². The molecule has 2 aliphatic carbocycles. The van der Waals surface area contributed by atoms with Gasteiger partial charge in [-0.05, 0) is 45.4 Å². The molecule has 0 aromatic heterocycles. The molecule has 2 rings (SSSR count). The highest BCUT2D eigenvalue weighted by Gasteiger charge is 2.56. The third-order valence-electron chi connectivity index (χ3n) is 3.77. The quantitative estimate of drug-likeness (QED) is 0.518. The van der Waals surface area contributed by atoms with E-state index >= 15 is 0 Å². The molecular formula is C13H24O3Si. The Morgan fingerprint density at radius 3 is 1.88 bits per heavy atom. The van der Waals surface area contributed by atoms with Gasteiger partial charge in [0.05, 0.1) is 0 Å². The van der Waals surface area contributed by atoms with Crippen LogP contribution in [-0.4, -0.2) is 28.6 Å². The smallest absolute Gasteiger partial charge is 0.374 e. The first-order valence-electron chi connectivity index (χ1n) is 6.85. The van der Waals surface area contributed by atoms with Crippen molar-refractivity contribution in [1.29, 1.82) is 0 Å². The standard InChI is InChI=1S/C13H24O3Si/c1-4-14-17(15-5-2,16-6-3)13-10-11-7-8-12(13)9-11/h7-8,11-13H,4-6,9-10H2,1-3H3/t11?,12?,13-/m1/s1. The molecule has 0 N–H and O–H groups in total. The maximum atomic E-state index is 6.01. The highest BCUT2D eigenvalue weighted by atomic mass is 28.4. The van der Waals surface area contributed by atoms with Crippen LogP contribution in [0.2, 0.25) is 5.54 Å². The van der Waals surface area contributed by atoms with E-state index in [9.17, 15) is 0 Å². The van der Waals surface area contributed by atoms with Crippen molar-refractivity contribution in [3.05, 3.63) is 12.2 Å². The van der Waals surface area contributed by atoms with Crippen LogP contribution in [0.3, 0.4) is 0 Å². The van der Waals surface area contributed by atoms with Crippen LogP contribution in [-0.2, 0) is 13.3 Å². The SMILES string of the molecule is CCO[Si](OCC)(OCC)[C@@H]1CC2C=CC1C2. The first kappa shape index (κ1) is 13.3. The third-order valence-corrected chi connectivity index (χ3v) is 7.41. The van der Waals surface area contributed by atoms with Crippen LogP contribution >= 0.6 is 0 Å². The normalized spacial score (nSPS) is 31.4. The number of allylic oxidation sites excluding steroid dienone is 2. The maximum absolute atomic E-state index is 6.01. The Balaban J connectivity index is 2.15. The Morgan fingerprint density at radius 2 is 1.53 bits per heavy atom. The van der Waals surface area contributed by atoms with Crippen LogP contribution in [0.25, 0.3) is 0 Å². The largest absolute Gasteiger partial charge is 0.504 e. The molecule has 0 heterocycles. The van der Waals surface area contributed by atoms with E-state index in [4.69, 9.17) is 13.3 Å². The molecule has 1 saturated carbocycles. The topological polar surface area (TPSA) is 27.7 Å². The van der Waals surface area contributed by atoms with Gasteiger partial charge in [-0.1, -0.05) is 12.2 Å². The molecule has 0 aliphatic heterocycles.